The van der Waals surface area contributed by atoms with Crippen molar-refractivity contribution in [2.45, 2.75) is 63.7 Å². The second-order valence-electron chi connectivity index (χ2n) is 10.3. The van der Waals surface area contributed by atoms with Crippen molar-refractivity contribution >= 4 is 27.2 Å². The van der Waals surface area contributed by atoms with Gasteiger partial charge in [-0.1, -0.05) is 38.1 Å². The highest BCUT2D eigenvalue weighted by molar-refractivity contribution is 7.90. The SMILES string of the molecule is Cc1ccccc1CS(=O)(=O)c1ncc(CN(CCN2CCOCC2)C(=S)NC2CC2)n1CC(C)C. The zero-order chi connectivity index (χ0) is 25.7. The van der Waals surface area contributed by atoms with E-state index < -0.39 is 9.84 Å². The lowest BCUT2D eigenvalue weighted by molar-refractivity contribution is 0.0356. The Balaban J connectivity index is 1.56. The van der Waals surface area contributed by atoms with Gasteiger partial charge in [0, 0.05) is 38.8 Å². The highest BCUT2D eigenvalue weighted by Gasteiger charge is 2.28. The number of aryl methyl sites for hydroxylation is 1. The molecule has 2 aliphatic rings. The summed E-state index contributed by atoms with van der Waals surface area (Å²) in [6.45, 7) is 12.2. The smallest absolute Gasteiger partial charge is 0.228 e. The molecule has 0 atom stereocenters. The van der Waals surface area contributed by atoms with Crippen LogP contribution in [0.3, 0.4) is 0 Å². The molecule has 2 heterocycles. The van der Waals surface area contributed by atoms with Crippen LogP contribution in [0.15, 0.2) is 35.6 Å². The van der Waals surface area contributed by atoms with E-state index in [0.29, 0.717) is 19.1 Å². The van der Waals surface area contributed by atoms with Crippen molar-refractivity contribution in [2.24, 2.45) is 5.92 Å². The fourth-order valence-corrected chi connectivity index (χ4v) is 6.32. The molecule has 36 heavy (non-hydrogen) atoms. The monoisotopic (exact) mass is 533 g/mol. The minimum atomic E-state index is -3.62. The normalized spacial score (nSPS) is 16.9. The second kappa shape index (κ2) is 12.0. The molecular weight excluding hydrogens is 494 g/mol. The molecule has 1 aliphatic heterocycles. The first kappa shape index (κ1) is 27.0. The number of nitrogens with zero attached hydrogens (tertiary/aromatic N) is 4. The van der Waals surface area contributed by atoms with Crippen LogP contribution in [-0.2, 0) is 33.4 Å². The number of imidazole rings is 1. The maximum atomic E-state index is 13.5. The molecule has 1 saturated carbocycles. The van der Waals surface area contributed by atoms with Crippen molar-refractivity contribution in [1.29, 1.82) is 0 Å². The maximum absolute atomic E-state index is 13.5. The van der Waals surface area contributed by atoms with Gasteiger partial charge in [-0.2, -0.15) is 0 Å². The number of hydrogen-bond donors (Lipinski definition) is 1. The number of nitrogens with one attached hydrogen (secondary N) is 1. The third-order valence-electron chi connectivity index (χ3n) is 6.67. The molecule has 1 aliphatic carbocycles. The van der Waals surface area contributed by atoms with Crippen LogP contribution in [0.2, 0.25) is 0 Å². The fourth-order valence-electron chi connectivity index (χ4n) is 4.40. The Morgan fingerprint density at radius 2 is 1.97 bits per heavy atom. The lowest BCUT2D eigenvalue weighted by Crippen LogP contribution is -2.46. The summed E-state index contributed by atoms with van der Waals surface area (Å²) in [5.41, 5.74) is 2.64. The van der Waals surface area contributed by atoms with Gasteiger partial charge in [0.25, 0.3) is 0 Å². The Kier molecular flexibility index (Phi) is 9.03. The Morgan fingerprint density at radius 3 is 2.64 bits per heavy atom. The molecule has 1 N–H and O–H groups in total. The number of morpholine rings is 1. The van der Waals surface area contributed by atoms with Gasteiger partial charge < -0.3 is 19.5 Å². The quantitative estimate of drug-likeness (QED) is 0.442. The Labute approximate surface area is 220 Å². The van der Waals surface area contributed by atoms with Crippen molar-refractivity contribution in [3.63, 3.8) is 0 Å². The number of rotatable bonds is 11. The summed E-state index contributed by atoms with van der Waals surface area (Å²) in [7, 11) is -3.62. The molecule has 0 unspecified atom stereocenters. The average Bonchev–Trinajstić information content (AvgIpc) is 3.56. The molecule has 1 saturated heterocycles. The van der Waals surface area contributed by atoms with E-state index in [1.165, 1.54) is 0 Å². The molecule has 1 aromatic heterocycles. The molecule has 10 heteroatoms. The van der Waals surface area contributed by atoms with E-state index in [4.69, 9.17) is 17.0 Å². The number of thiocarbonyl (C=S) groups is 1. The van der Waals surface area contributed by atoms with Crippen molar-refractivity contribution in [3.8, 4) is 0 Å². The predicted octanol–water partition coefficient (Wildman–Crippen LogP) is 2.99. The minimum absolute atomic E-state index is 0.0589. The first-order chi connectivity index (χ1) is 17.2. The number of sulfone groups is 1. The standard InChI is InChI=1S/C26H39N5O3S2/c1-20(2)17-31-24(16-27-26(31)36(32,33)19-22-7-5-4-6-21(22)3)18-30(25(35)28-23-8-9-23)11-10-29-12-14-34-15-13-29/h4-7,16,20,23H,8-15,17-19H2,1-3H3,(H,28,35). The second-order valence-corrected chi connectivity index (χ2v) is 12.6. The molecule has 0 amide bonds. The topological polar surface area (TPSA) is 79.7 Å². The third-order valence-corrected chi connectivity index (χ3v) is 8.62. The summed E-state index contributed by atoms with van der Waals surface area (Å²) >= 11 is 5.79. The number of aromatic nitrogens is 2. The third kappa shape index (κ3) is 7.27. The van der Waals surface area contributed by atoms with Gasteiger partial charge in [-0.15, -0.1) is 0 Å². The maximum Gasteiger partial charge on any atom is 0.228 e. The largest absolute Gasteiger partial charge is 0.379 e. The van der Waals surface area contributed by atoms with Gasteiger partial charge in [0.15, 0.2) is 5.11 Å². The highest BCUT2D eigenvalue weighted by atomic mass is 32.2. The summed E-state index contributed by atoms with van der Waals surface area (Å²) < 4.78 is 34.4. The molecule has 4 rings (SSSR count). The molecule has 8 nitrogen and oxygen atoms in total. The first-order valence-electron chi connectivity index (χ1n) is 12.9. The van der Waals surface area contributed by atoms with E-state index in [9.17, 15) is 8.42 Å². The molecule has 0 spiro atoms. The van der Waals surface area contributed by atoms with Crippen LogP contribution in [0.4, 0.5) is 0 Å². The first-order valence-corrected chi connectivity index (χ1v) is 15.0. The highest BCUT2D eigenvalue weighted by Crippen LogP contribution is 2.23. The van der Waals surface area contributed by atoms with Gasteiger partial charge in [0.2, 0.25) is 15.0 Å². The molecule has 0 radical (unpaired) electrons. The van der Waals surface area contributed by atoms with Crippen molar-refractivity contribution < 1.29 is 13.2 Å². The van der Waals surface area contributed by atoms with Gasteiger partial charge in [-0.3, -0.25) is 4.90 Å². The molecular formula is C26H39N5O3S2. The summed E-state index contributed by atoms with van der Waals surface area (Å²) in [5.74, 6) is 0.208. The van der Waals surface area contributed by atoms with Crippen LogP contribution in [-0.4, -0.2) is 78.3 Å². The zero-order valence-corrected chi connectivity index (χ0v) is 23.3. The van der Waals surface area contributed by atoms with Crippen LogP contribution < -0.4 is 5.32 Å². The summed E-state index contributed by atoms with van der Waals surface area (Å²) in [5, 5.41) is 4.34. The van der Waals surface area contributed by atoms with Crippen LogP contribution in [0.25, 0.3) is 0 Å². The molecule has 2 fully saturated rings. The Bertz CT molecular complexity index is 1140. The van der Waals surface area contributed by atoms with E-state index in [2.05, 4.69) is 33.9 Å². The average molecular weight is 534 g/mol. The van der Waals surface area contributed by atoms with Crippen LogP contribution in [0, 0.1) is 12.8 Å². The van der Waals surface area contributed by atoms with Gasteiger partial charge >= 0.3 is 0 Å². The minimum Gasteiger partial charge on any atom is -0.379 e. The Morgan fingerprint density at radius 1 is 1.25 bits per heavy atom. The molecule has 0 bridgehead atoms. The summed E-state index contributed by atoms with van der Waals surface area (Å²) in [4.78, 5) is 9.01. The van der Waals surface area contributed by atoms with Gasteiger partial charge in [-0.05, 0) is 49.0 Å². The van der Waals surface area contributed by atoms with Crippen LogP contribution in [0.1, 0.15) is 43.5 Å². The van der Waals surface area contributed by atoms with E-state index in [1.54, 1.807) is 6.20 Å². The van der Waals surface area contributed by atoms with Crippen molar-refractivity contribution in [2.75, 3.05) is 39.4 Å². The lowest BCUT2D eigenvalue weighted by Gasteiger charge is -2.31. The zero-order valence-electron chi connectivity index (χ0n) is 21.6. The van der Waals surface area contributed by atoms with Gasteiger partial charge in [-0.25, -0.2) is 13.4 Å². The molecule has 1 aromatic carbocycles. The van der Waals surface area contributed by atoms with E-state index in [-0.39, 0.29) is 16.8 Å². The van der Waals surface area contributed by atoms with Crippen LogP contribution in [0.5, 0.6) is 0 Å². The molecule has 198 valence electrons. The summed E-state index contributed by atoms with van der Waals surface area (Å²) in [6, 6.07) is 8.07. The lowest BCUT2D eigenvalue weighted by atomic mass is 10.1. The number of benzene rings is 1. The van der Waals surface area contributed by atoms with Crippen LogP contribution >= 0.6 is 12.2 Å². The van der Waals surface area contributed by atoms with E-state index in [1.807, 2.05) is 35.8 Å². The van der Waals surface area contributed by atoms with E-state index >= 15 is 0 Å². The van der Waals surface area contributed by atoms with Gasteiger partial charge in [0.1, 0.15) is 0 Å². The molecule has 2 aromatic rings. The Hall–Kier alpha value is -2.01. The van der Waals surface area contributed by atoms with Gasteiger partial charge in [0.05, 0.1) is 37.4 Å². The fraction of sp³-hybridized carbons (Fsp3) is 0.615. The van der Waals surface area contributed by atoms with Crippen molar-refractivity contribution in [1.82, 2.24) is 24.7 Å². The number of hydrogen-bond acceptors (Lipinski definition) is 6. The van der Waals surface area contributed by atoms with E-state index in [0.717, 1.165) is 74.2 Å². The number of ether oxygens (including phenoxy) is 1. The van der Waals surface area contributed by atoms with Crippen molar-refractivity contribution in [3.05, 3.63) is 47.3 Å². The predicted molar refractivity (Wildman–Crippen MR) is 146 cm³/mol. The summed E-state index contributed by atoms with van der Waals surface area (Å²) in [6.07, 6.45) is 4.00.